The van der Waals surface area contributed by atoms with Crippen LogP contribution in [0.3, 0.4) is 0 Å². The van der Waals surface area contributed by atoms with Gasteiger partial charge in [0.25, 0.3) is 0 Å². The molecule has 0 unspecified atom stereocenters. The van der Waals surface area contributed by atoms with Gasteiger partial charge >= 0.3 is 11.7 Å². The summed E-state index contributed by atoms with van der Waals surface area (Å²) in [5.41, 5.74) is 1.87. The van der Waals surface area contributed by atoms with Gasteiger partial charge in [-0.1, -0.05) is 18.2 Å². The summed E-state index contributed by atoms with van der Waals surface area (Å²) in [6.45, 7) is 2.00. The first-order chi connectivity index (χ1) is 9.70. The Bertz CT molecular complexity index is 739. The average molecular weight is 288 g/mol. The van der Waals surface area contributed by atoms with Gasteiger partial charge in [0.15, 0.2) is 0 Å². The largest absolute Gasteiger partial charge is 0.461 e. The summed E-state index contributed by atoms with van der Waals surface area (Å²) in [6, 6.07) is 7.72. The number of thioether (sulfide) groups is 1. The lowest BCUT2D eigenvalue weighted by Gasteiger charge is -2.19. The lowest BCUT2D eigenvalue weighted by molar-refractivity contribution is 0.0518. The molecule has 0 amide bonds. The molecule has 0 radical (unpaired) electrons. The average Bonchev–Trinajstić information content (AvgIpc) is 2.46. The monoisotopic (exact) mass is 288 g/mol. The third-order valence-corrected chi connectivity index (χ3v) is 4.13. The first kappa shape index (κ1) is 12.9. The number of esters is 1. The minimum atomic E-state index is -0.534. The van der Waals surface area contributed by atoms with Crippen LogP contribution in [0.5, 0.6) is 0 Å². The zero-order valence-electron chi connectivity index (χ0n) is 10.8. The van der Waals surface area contributed by atoms with Crippen molar-refractivity contribution >= 4 is 17.7 Å². The Balaban J connectivity index is 2.22. The highest BCUT2D eigenvalue weighted by Gasteiger charge is 2.25. The lowest BCUT2D eigenvalue weighted by atomic mass is 10.0. The van der Waals surface area contributed by atoms with Crippen LogP contribution in [0.2, 0.25) is 0 Å². The maximum Gasteiger partial charge on any atom is 0.355 e. The minimum absolute atomic E-state index is 0.212. The van der Waals surface area contributed by atoms with E-state index in [1.165, 1.54) is 0 Å². The SMILES string of the molecule is CCOC(=O)c1[nH]c(=O)nc2c1CSc1ccccc1-2. The van der Waals surface area contributed by atoms with Gasteiger partial charge in [-0.2, -0.15) is 4.98 Å². The molecule has 1 aliphatic heterocycles. The van der Waals surface area contributed by atoms with Crippen LogP contribution < -0.4 is 5.69 Å². The molecule has 0 atom stereocenters. The lowest BCUT2D eigenvalue weighted by Crippen LogP contribution is -2.22. The van der Waals surface area contributed by atoms with Gasteiger partial charge in [-0.05, 0) is 13.0 Å². The highest BCUT2D eigenvalue weighted by atomic mass is 32.2. The van der Waals surface area contributed by atoms with E-state index in [9.17, 15) is 9.59 Å². The molecule has 1 aromatic heterocycles. The standard InChI is InChI=1S/C14H12N2O3S/c1-2-19-13(17)12-9-7-20-10-6-4-3-5-8(10)11(9)15-14(18)16-12/h3-6H,2,7H2,1H3,(H,15,16,18). The Morgan fingerprint density at radius 3 is 3.05 bits per heavy atom. The van der Waals surface area contributed by atoms with E-state index in [0.717, 1.165) is 16.0 Å². The molecule has 0 saturated heterocycles. The fourth-order valence-electron chi connectivity index (χ4n) is 2.18. The second kappa shape index (κ2) is 5.13. The fourth-order valence-corrected chi connectivity index (χ4v) is 3.25. The molecule has 0 spiro atoms. The summed E-state index contributed by atoms with van der Waals surface area (Å²) in [5.74, 6) is 0.0767. The van der Waals surface area contributed by atoms with E-state index in [1.807, 2.05) is 24.3 Å². The van der Waals surface area contributed by atoms with Gasteiger partial charge in [-0.3, -0.25) is 4.98 Å². The number of carbonyl (C=O) groups is 1. The molecule has 2 aromatic rings. The molecular formula is C14H12N2O3S. The van der Waals surface area contributed by atoms with Gasteiger partial charge < -0.3 is 4.74 Å². The van der Waals surface area contributed by atoms with Gasteiger partial charge in [0.1, 0.15) is 5.69 Å². The fraction of sp³-hybridized carbons (Fsp3) is 0.214. The highest BCUT2D eigenvalue weighted by Crippen LogP contribution is 2.40. The van der Waals surface area contributed by atoms with Crippen LogP contribution in [0.15, 0.2) is 34.0 Å². The predicted octanol–water partition coefficient (Wildman–Crippen LogP) is 2.22. The maximum atomic E-state index is 12.0. The highest BCUT2D eigenvalue weighted by molar-refractivity contribution is 7.98. The summed E-state index contributed by atoms with van der Waals surface area (Å²) in [4.78, 5) is 31.2. The van der Waals surface area contributed by atoms with Gasteiger partial charge in [0, 0.05) is 21.8 Å². The van der Waals surface area contributed by atoms with Crippen molar-refractivity contribution in [2.24, 2.45) is 0 Å². The van der Waals surface area contributed by atoms with Crippen molar-refractivity contribution in [3.8, 4) is 11.3 Å². The smallest absolute Gasteiger partial charge is 0.355 e. The third-order valence-electron chi connectivity index (χ3n) is 3.03. The second-order valence-corrected chi connectivity index (χ2v) is 5.27. The number of hydrogen-bond acceptors (Lipinski definition) is 5. The van der Waals surface area contributed by atoms with Crippen LogP contribution in [0.1, 0.15) is 23.0 Å². The number of ether oxygens (including phenoxy) is 1. The summed E-state index contributed by atoms with van der Waals surface area (Å²) in [7, 11) is 0. The van der Waals surface area contributed by atoms with Crippen molar-refractivity contribution < 1.29 is 9.53 Å². The topological polar surface area (TPSA) is 72.1 Å². The Morgan fingerprint density at radius 2 is 2.25 bits per heavy atom. The van der Waals surface area contributed by atoms with E-state index >= 15 is 0 Å². The van der Waals surface area contributed by atoms with E-state index in [1.54, 1.807) is 18.7 Å². The van der Waals surface area contributed by atoms with Crippen molar-refractivity contribution in [3.05, 3.63) is 46.0 Å². The number of hydrogen-bond donors (Lipinski definition) is 1. The van der Waals surface area contributed by atoms with Crippen molar-refractivity contribution in [1.82, 2.24) is 9.97 Å². The molecule has 0 aliphatic carbocycles. The Labute approximate surface area is 119 Å². The molecular weight excluding hydrogens is 276 g/mol. The van der Waals surface area contributed by atoms with Gasteiger partial charge in [-0.25, -0.2) is 9.59 Å². The Kier molecular flexibility index (Phi) is 3.31. The van der Waals surface area contributed by atoms with Crippen LogP contribution in [-0.2, 0) is 10.5 Å². The third kappa shape index (κ3) is 2.12. The molecule has 2 heterocycles. The molecule has 20 heavy (non-hydrogen) atoms. The number of benzene rings is 1. The molecule has 5 nitrogen and oxygen atoms in total. The number of carbonyl (C=O) groups excluding carboxylic acids is 1. The predicted molar refractivity (Wildman–Crippen MR) is 75.8 cm³/mol. The number of rotatable bonds is 2. The van der Waals surface area contributed by atoms with Gasteiger partial charge in [0.2, 0.25) is 0 Å². The summed E-state index contributed by atoms with van der Waals surface area (Å²) < 4.78 is 4.99. The Hall–Kier alpha value is -2.08. The van der Waals surface area contributed by atoms with Crippen LogP contribution >= 0.6 is 11.8 Å². The minimum Gasteiger partial charge on any atom is -0.461 e. The quantitative estimate of drug-likeness (QED) is 0.858. The molecule has 1 N–H and O–H groups in total. The van der Waals surface area contributed by atoms with E-state index in [0.29, 0.717) is 11.4 Å². The van der Waals surface area contributed by atoms with Crippen LogP contribution in [0.25, 0.3) is 11.3 Å². The van der Waals surface area contributed by atoms with Gasteiger partial charge in [-0.15, -0.1) is 11.8 Å². The van der Waals surface area contributed by atoms with Crippen LogP contribution in [0, 0.1) is 0 Å². The van der Waals surface area contributed by atoms with Crippen LogP contribution in [0.4, 0.5) is 0 Å². The van der Waals surface area contributed by atoms with E-state index in [4.69, 9.17) is 4.74 Å². The molecule has 0 saturated carbocycles. The van der Waals surface area contributed by atoms with Gasteiger partial charge in [0.05, 0.1) is 12.3 Å². The van der Waals surface area contributed by atoms with E-state index in [2.05, 4.69) is 9.97 Å². The molecule has 3 rings (SSSR count). The van der Waals surface area contributed by atoms with Crippen molar-refractivity contribution in [3.63, 3.8) is 0 Å². The number of nitrogens with one attached hydrogen (secondary N) is 1. The zero-order valence-corrected chi connectivity index (χ0v) is 11.6. The van der Waals surface area contributed by atoms with Crippen molar-refractivity contribution in [1.29, 1.82) is 0 Å². The molecule has 1 aliphatic rings. The normalized spacial score (nSPS) is 12.4. The molecule has 102 valence electrons. The van der Waals surface area contributed by atoms with Crippen molar-refractivity contribution in [2.75, 3.05) is 6.61 Å². The van der Waals surface area contributed by atoms with E-state index in [-0.39, 0.29) is 12.3 Å². The number of aromatic amines is 1. The number of aromatic nitrogens is 2. The first-order valence-corrected chi connectivity index (χ1v) is 7.21. The number of nitrogens with zero attached hydrogens (tertiary/aromatic N) is 1. The number of fused-ring (bicyclic) bond motifs is 3. The van der Waals surface area contributed by atoms with Crippen molar-refractivity contribution in [2.45, 2.75) is 17.6 Å². The van der Waals surface area contributed by atoms with Crippen LogP contribution in [-0.4, -0.2) is 22.5 Å². The molecule has 0 bridgehead atoms. The molecule has 0 fully saturated rings. The first-order valence-electron chi connectivity index (χ1n) is 6.23. The summed E-state index contributed by atoms with van der Waals surface area (Å²) >= 11 is 1.62. The second-order valence-electron chi connectivity index (χ2n) is 4.25. The number of H-pyrrole nitrogens is 1. The summed E-state index contributed by atoms with van der Waals surface area (Å²) in [5, 5.41) is 0. The maximum absolute atomic E-state index is 12.0. The zero-order chi connectivity index (χ0) is 14.1. The van der Waals surface area contributed by atoms with E-state index < -0.39 is 11.7 Å². The molecule has 6 heteroatoms. The summed E-state index contributed by atoms with van der Waals surface area (Å²) in [6.07, 6.45) is 0. The molecule has 1 aromatic carbocycles. The Morgan fingerprint density at radius 1 is 1.45 bits per heavy atom.